The van der Waals surface area contributed by atoms with Crippen LogP contribution in [-0.4, -0.2) is 12.3 Å². The fourth-order valence-electron chi connectivity index (χ4n) is 1.99. The van der Waals surface area contributed by atoms with Crippen LogP contribution < -0.4 is 15.8 Å². The Balaban J connectivity index is 1.99. The molecule has 4 nitrogen and oxygen atoms in total. The molecule has 2 aromatic rings. The SMILES string of the molecule is C=C(C(N)=O)c1ccc(NCc2cccc(OC(F)(F)F)c2)cc1. The molecule has 0 spiro atoms. The van der Waals surface area contributed by atoms with Crippen molar-refractivity contribution in [3.63, 3.8) is 0 Å². The third-order valence-corrected chi connectivity index (χ3v) is 3.16. The van der Waals surface area contributed by atoms with Crippen LogP contribution >= 0.6 is 0 Å². The van der Waals surface area contributed by atoms with E-state index in [-0.39, 0.29) is 11.3 Å². The number of rotatable bonds is 6. The second-order valence-corrected chi connectivity index (χ2v) is 4.97. The lowest BCUT2D eigenvalue weighted by Gasteiger charge is -2.11. The minimum atomic E-state index is -4.72. The molecule has 0 aliphatic carbocycles. The molecule has 0 atom stereocenters. The van der Waals surface area contributed by atoms with E-state index in [1.165, 1.54) is 18.2 Å². The van der Waals surface area contributed by atoms with Crippen LogP contribution in [0.25, 0.3) is 5.57 Å². The van der Waals surface area contributed by atoms with Gasteiger partial charge in [0.05, 0.1) is 0 Å². The van der Waals surface area contributed by atoms with Crippen molar-refractivity contribution >= 4 is 17.2 Å². The molecule has 126 valence electrons. The Morgan fingerprint density at radius 1 is 1.17 bits per heavy atom. The van der Waals surface area contributed by atoms with Gasteiger partial charge in [0, 0.05) is 17.8 Å². The van der Waals surface area contributed by atoms with Crippen LogP contribution in [0, 0.1) is 0 Å². The highest BCUT2D eigenvalue weighted by atomic mass is 19.4. The first-order valence-electron chi connectivity index (χ1n) is 6.92. The number of nitrogens with one attached hydrogen (secondary N) is 1. The molecule has 3 N–H and O–H groups in total. The molecule has 0 bridgehead atoms. The first-order chi connectivity index (χ1) is 11.2. The number of halogens is 3. The molecule has 0 radical (unpaired) electrons. The number of amides is 1. The maximum absolute atomic E-state index is 12.2. The molecule has 0 aliphatic heterocycles. The Morgan fingerprint density at radius 2 is 1.83 bits per heavy atom. The summed E-state index contributed by atoms with van der Waals surface area (Å²) in [5.74, 6) is -0.868. The largest absolute Gasteiger partial charge is 0.573 e. The number of carbonyl (C=O) groups is 1. The van der Waals surface area contributed by atoms with E-state index in [1.54, 1.807) is 30.3 Å². The predicted octanol–water partition coefficient (Wildman–Crippen LogP) is 3.70. The number of benzene rings is 2. The molecule has 1 amide bonds. The van der Waals surface area contributed by atoms with E-state index in [0.29, 0.717) is 17.7 Å². The maximum Gasteiger partial charge on any atom is 0.573 e. The van der Waals surface area contributed by atoms with Crippen molar-refractivity contribution in [2.75, 3.05) is 5.32 Å². The quantitative estimate of drug-likeness (QED) is 0.791. The Morgan fingerprint density at radius 3 is 2.42 bits per heavy atom. The number of anilines is 1. The van der Waals surface area contributed by atoms with Crippen LogP contribution in [0.5, 0.6) is 5.75 Å². The summed E-state index contributed by atoms with van der Waals surface area (Å²) >= 11 is 0. The summed E-state index contributed by atoms with van der Waals surface area (Å²) in [6, 6.07) is 12.5. The number of ether oxygens (including phenoxy) is 1. The van der Waals surface area contributed by atoms with Crippen molar-refractivity contribution < 1.29 is 22.7 Å². The second-order valence-electron chi connectivity index (χ2n) is 4.97. The molecule has 7 heteroatoms. The van der Waals surface area contributed by atoms with Gasteiger partial charge in [-0.2, -0.15) is 0 Å². The van der Waals surface area contributed by atoms with Crippen molar-refractivity contribution in [1.29, 1.82) is 0 Å². The Hall–Kier alpha value is -2.96. The highest BCUT2D eigenvalue weighted by molar-refractivity contribution is 6.17. The monoisotopic (exact) mass is 336 g/mol. The second kappa shape index (κ2) is 7.08. The van der Waals surface area contributed by atoms with Gasteiger partial charge in [-0.3, -0.25) is 4.79 Å². The highest BCUT2D eigenvalue weighted by Gasteiger charge is 2.31. The van der Waals surface area contributed by atoms with Gasteiger partial charge in [-0.1, -0.05) is 30.8 Å². The molecule has 0 aromatic heterocycles. The van der Waals surface area contributed by atoms with Crippen LogP contribution in [0.15, 0.2) is 55.1 Å². The molecule has 0 fully saturated rings. The van der Waals surface area contributed by atoms with Crippen molar-refractivity contribution in [3.8, 4) is 5.75 Å². The van der Waals surface area contributed by atoms with Crippen molar-refractivity contribution in [3.05, 3.63) is 66.2 Å². The molecule has 0 aliphatic rings. The lowest BCUT2D eigenvalue weighted by atomic mass is 10.1. The van der Waals surface area contributed by atoms with Gasteiger partial charge in [-0.15, -0.1) is 13.2 Å². The van der Waals surface area contributed by atoms with Gasteiger partial charge in [0.2, 0.25) is 5.91 Å². The molecular formula is C17H15F3N2O2. The molecular weight excluding hydrogens is 321 g/mol. The number of carbonyl (C=O) groups excluding carboxylic acids is 1. The summed E-state index contributed by atoms with van der Waals surface area (Å²) in [5.41, 5.74) is 7.33. The molecule has 0 heterocycles. The normalized spacial score (nSPS) is 11.0. The fraction of sp³-hybridized carbons (Fsp3) is 0.118. The zero-order valence-corrected chi connectivity index (χ0v) is 12.6. The van der Waals surface area contributed by atoms with Crippen molar-refractivity contribution in [2.45, 2.75) is 12.9 Å². The summed E-state index contributed by atoms with van der Waals surface area (Å²) in [7, 11) is 0. The van der Waals surface area contributed by atoms with Gasteiger partial charge >= 0.3 is 6.36 Å². The summed E-state index contributed by atoms with van der Waals surface area (Å²) in [4.78, 5) is 11.0. The number of alkyl halides is 3. The number of nitrogens with two attached hydrogens (primary N) is 1. The van der Waals surface area contributed by atoms with E-state index in [2.05, 4.69) is 16.6 Å². The van der Waals surface area contributed by atoms with Crippen molar-refractivity contribution in [1.82, 2.24) is 0 Å². The lowest BCUT2D eigenvalue weighted by molar-refractivity contribution is -0.274. The Bertz CT molecular complexity index is 740. The van der Waals surface area contributed by atoms with E-state index < -0.39 is 12.3 Å². The molecule has 24 heavy (non-hydrogen) atoms. The van der Waals surface area contributed by atoms with E-state index in [1.807, 2.05) is 0 Å². The number of primary amides is 1. The minimum absolute atomic E-state index is 0.207. The molecule has 0 saturated heterocycles. The number of hydrogen-bond donors (Lipinski definition) is 2. The van der Waals surface area contributed by atoms with Gasteiger partial charge in [0.1, 0.15) is 5.75 Å². The van der Waals surface area contributed by atoms with Gasteiger partial charge in [0.15, 0.2) is 0 Å². The Kier molecular flexibility index (Phi) is 5.13. The van der Waals surface area contributed by atoms with E-state index in [0.717, 1.165) is 5.69 Å². The highest BCUT2D eigenvalue weighted by Crippen LogP contribution is 2.24. The van der Waals surface area contributed by atoms with Gasteiger partial charge in [-0.25, -0.2) is 0 Å². The van der Waals surface area contributed by atoms with E-state index in [9.17, 15) is 18.0 Å². The summed E-state index contributed by atoms with van der Waals surface area (Å²) in [6.07, 6.45) is -4.72. The van der Waals surface area contributed by atoms with Crippen LogP contribution in [0.4, 0.5) is 18.9 Å². The van der Waals surface area contributed by atoms with Crippen LogP contribution in [0.2, 0.25) is 0 Å². The first kappa shape index (κ1) is 17.4. The molecule has 2 rings (SSSR count). The Labute approximate surface area is 136 Å². The predicted molar refractivity (Wildman–Crippen MR) is 85.1 cm³/mol. The third-order valence-electron chi connectivity index (χ3n) is 3.16. The van der Waals surface area contributed by atoms with Crippen molar-refractivity contribution in [2.24, 2.45) is 5.73 Å². The fourth-order valence-corrected chi connectivity index (χ4v) is 1.99. The topological polar surface area (TPSA) is 64.4 Å². The van der Waals surface area contributed by atoms with Crippen LogP contribution in [0.3, 0.4) is 0 Å². The smallest absolute Gasteiger partial charge is 0.406 e. The molecule has 0 saturated carbocycles. The standard InChI is InChI=1S/C17H15F3N2O2/c1-11(16(21)23)13-5-7-14(8-6-13)22-10-12-3-2-4-15(9-12)24-17(18,19)20/h2-9,22H,1,10H2,(H2,21,23). The third kappa shape index (κ3) is 5.05. The van der Waals surface area contributed by atoms with E-state index >= 15 is 0 Å². The average Bonchev–Trinajstić information content (AvgIpc) is 2.51. The summed E-state index contributed by atoms with van der Waals surface area (Å²) in [6.45, 7) is 3.90. The first-order valence-corrected chi connectivity index (χ1v) is 6.92. The van der Waals surface area contributed by atoms with E-state index in [4.69, 9.17) is 5.73 Å². The average molecular weight is 336 g/mol. The zero-order chi connectivity index (χ0) is 17.7. The minimum Gasteiger partial charge on any atom is -0.406 e. The van der Waals surface area contributed by atoms with Gasteiger partial charge in [-0.05, 0) is 35.4 Å². The van der Waals surface area contributed by atoms with Gasteiger partial charge < -0.3 is 15.8 Å². The maximum atomic E-state index is 12.2. The summed E-state index contributed by atoms with van der Waals surface area (Å²) < 4.78 is 40.5. The zero-order valence-electron chi connectivity index (χ0n) is 12.6. The van der Waals surface area contributed by atoms with Gasteiger partial charge in [0.25, 0.3) is 0 Å². The molecule has 0 unspecified atom stereocenters. The van der Waals surface area contributed by atoms with Crippen LogP contribution in [-0.2, 0) is 11.3 Å². The number of hydrogen-bond acceptors (Lipinski definition) is 3. The summed E-state index contributed by atoms with van der Waals surface area (Å²) in [5, 5.41) is 3.06. The lowest BCUT2D eigenvalue weighted by Crippen LogP contribution is -2.17. The van der Waals surface area contributed by atoms with Crippen LogP contribution in [0.1, 0.15) is 11.1 Å². The molecule has 2 aromatic carbocycles.